The van der Waals surface area contributed by atoms with Gasteiger partial charge in [0.25, 0.3) is 0 Å². The molecular weight excluding hydrogens is 502 g/mol. The number of nitrogens with zero attached hydrogens (tertiary/aromatic N) is 5. The Bertz CT molecular complexity index is 1480. The fourth-order valence-corrected chi connectivity index (χ4v) is 4.12. The second-order valence-electron chi connectivity index (χ2n) is 9.15. The number of tetrazole rings is 1. The molecule has 2 aromatic carbocycles. The van der Waals surface area contributed by atoms with E-state index >= 15 is 8.78 Å². The topological polar surface area (TPSA) is 97.0 Å². The van der Waals surface area contributed by atoms with Gasteiger partial charge in [0.2, 0.25) is 0 Å². The maximum absolute atomic E-state index is 15.8. The molecule has 2 unspecified atom stereocenters. The number of hydrogen-bond acceptors (Lipinski definition) is 6. The molecule has 194 valence electrons. The number of aliphatic hydroxyl groups is 2. The molecule has 38 heavy (non-hydrogen) atoms. The van der Waals surface area contributed by atoms with Crippen molar-refractivity contribution in [2.45, 2.75) is 37.0 Å². The van der Waals surface area contributed by atoms with Gasteiger partial charge in [0.15, 0.2) is 5.60 Å². The molecule has 2 aromatic heterocycles. The van der Waals surface area contributed by atoms with Gasteiger partial charge < -0.3 is 10.2 Å². The van der Waals surface area contributed by atoms with Crippen LogP contribution >= 0.6 is 0 Å². The molecule has 1 fully saturated rings. The van der Waals surface area contributed by atoms with E-state index in [4.69, 9.17) is 0 Å². The summed E-state index contributed by atoms with van der Waals surface area (Å²) < 4.78 is 60.5. The number of benzene rings is 2. The minimum Gasteiger partial charge on any atom is -0.388 e. The van der Waals surface area contributed by atoms with Crippen molar-refractivity contribution in [2.75, 3.05) is 0 Å². The van der Waals surface area contributed by atoms with Gasteiger partial charge in [0.05, 0.1) is 12.6 Å². The normalized spacial score (nSPS) is 15.8. The van der Waals surface area contributed by atoms with Crippen LogP contribution in [0.3, 0.4) is 0 Å². The summed E-state index contributed by atoms with van der Waals surface area (Å²) in [6.45, 7) is -0.940. The Morgan fingerprint density at radius 1 is 1.00 bits per heavy atom. The first-order valence-corrected chi connectivity index (χ1v) is 11.7. The summed E-state index contributed by atoms with van der Waals surface area (Å²) in [4.78, 5) is 3.79. The third-order valence-electron chi connectivity index (χ3n) is 6.44. The molecule has 4 aromatic rings. The lowest BCUT2D eigenvalue weighted by atomic mass is 9.84. The van der Waals surface area contributed by atoms with Crippen LogP contribution in [0.5, 0.6) is 0 Å². The molecule has 2 atom stereocenters. The number of rotatable bonds is 7. The van der Waals surface area contributed by atoms with Crippen LogP contribution in [0.15, 0.2) is 67.1 Å². The van der Waals surface area contributed by atoms with E-state index in [0.717, 1.165) is 53.8 Å². The Kier molecular flexibility index (Phi) is 6.69. The third kappa shape index (κ3) is 5.01. The Hall–Kier alpha value is -4.14. The Morgan fingerprint density at radius 2 is 1.71 bits per heavy atom. The zero-order valence-corrected chi connectivity index (χ0v) is 19.8. The van der Waals surface area contributed by atoms with Gasteiger partial charge in [-0.05, 0) is 71.1 Å². The molecule has 1 aliphatic rings. The summed E-state index contributed by atoms with van der Waals surface area (Å²) >= 11 is 0. The number of pyridine rings is 1. The van der Waals surface area contributed by atoms with Crippen molar-refractivity contribution in [3.63, 3.8) is 0 Å². The second kappa shape index (κ2) is 9.96. The van der Waals surface area contributed by atoms with Gasteiger partial charge in [-0.1, -0.05) is 24.0 Å². The van der Waals surface area contributed by atoms with Gasteiger partial charge >= 0.3 is 5.92 Å². The SMILES string of the molecule is OC(c1ccc(C#Cc2ccc(C(F)(F)C(O)(Cn3cnnn3)c3ccc(F)cc3F)nc2)cc1)C1CC1. The van der Waals surface area contributed by atoms with Crippen LogP contribution in [-0.4, -0.2) is 35.4 Å². The van der Waals surface area contributed by atoms with Crippen LogP contribution in [0, 0.1) is 29.4 Å². The van der Waals surface area contributed by atoms with E-state index in [9.17, 15) is 19.0 Å². The highest BCUT2D eigenvalue weighted by Crippen LogP contribution is 2.46. The summed E-state index contributed by atoms with van der Waals surface area (Å²) in [7, 11) is 0. The van der Waals surface area contributed by atoms with Crippen LogP contribution < -0.4 is 0 Å². The third-order valence-corrected chi connectivity index (χ3v) is 6.44. The summed E-state index contributed by atoms with van der Waals surface area (Å²) in [6.07, 6.45) is 3.63. The van der Waals surface area contributed by atoms with Gasteiger partial charge in [-0.15, -0.1) is 5.10 Å². The van der Waals surface area contributed by atoms with Crippen LogP contribution in [0.1, 0.15) is 46.9 Å². The fraction of sp³-hybridized carbons (Fsp3) is 0.259. The van der Waals surface area contributed by atoms with E-state index in [1.165, 1.54) is 6.07 Å². The standard InChI is InChI=1S/C27H21F4N5O2/c28-21-10-11-22(23(29)13-21)26(38,15-36-16-33-34-35-36)27(30,31)24-12-5-18(14-32-24)2-1-17-3-6-19(7-4-17)25(37)20-8-9-20/h3-7,10-14,16,20,25,37-38H,8-9,15H2. The first-order chi connectivity index (χ1) is 18.2. The number of hydrogen-bond donors (Lipinski definition) is 2. The number of alkyl halides is 2. The highest BCUT2D eigenvalue weighted by Gasteiger charge is 2.58. The molecule has 7 nitrogen and oxygen atoms in total. The molecule has 11 heteroatoms. The predicted octanol–water partition coefficient (Wildman–Crippen LogP) is 3.87. The van der Waals surface area contributed by atoms with Gasteiger partial charge in [0, 0.05) is 29.0 Å². The average Bonchev–Trinajstić information content (AvgIpc) is 3.64. The molecule has 0 spiro atoms. The average molecular weight is 523 g/mol. The first-order valence-electron chi connectivity index (χ1n) is 11.7. The molecule has 0 radical (unpaired) electrons. The predicted molar refractivity (Wildman–Crippen MR) is 126 cm³/mol. The minimum atomic E-state index is -4.15. The highest BCUT2D eigenvalue weighted by atomic mass is 19.3. The van der Waals surface area contributed by atoms with Gasteiger partial charge in [-0.25, -0.2) is 13.5 Å². The van der Waals surface area contributed by atoms with E-state index in [2.05, 4.69) is 32.4 Å². The lowest BCUT2D eigenvalue weighted by molar-refractivity contribution is -0.207. The smallest absolute Gasteiger partial charge is 0.323 e. The summed E-state index contributed by atoms with van der Waals surface area (Å²) in [5, 5.41) is 31.6. The van der Waals surface area contributed by atoms with Crippen LogP contribution in [0.2, 0.25) is 0 Å². The summed E-state index contributed by atoms with van der Waals surface area (Å²) in [6, 6.07) is 11.3. The maximum atomic E-state index is 15.8. The molecule has 5 rings (SSSR count). The molecule has 0 aliphatic heterocycles. The van der Waals surface area contributed by atoms with E-state index < -0.39 is 47.1 Å². The summed E-state index contributed by atoms with van der Waals surface area (Å²) in [5.74, 6) is -0.459. The number of aliphatic hydroxyl groups excluding tert-OH is 1. The monoisotopic (exact) mass is 523 g/mol. The molecule has 0 saturated heterocycles. The molecule has 2 heterocycles. The largest absolute Gasteiger partial charge is 0.388 e. The Balaban J connectivity index is 1.41. The zero-order valence-electron chi connectivity index (χ0n) is 19.8. The minimum absolute atomic E-state index is 0.305. The quantitative estimate of drug-likeness (QED) is 0.282. The lowest BCUT2D eigenvalue weighted by Crippen LogP contribution is -2.48. The number of aromatic nitrogens is 5. The van der Waals surface area contributed by atoms with Crippen molar-refractivity contribution in [3.8, 4) is 11.8 Å². The molecule has 0 amide bonds. The molecule has 0 bridgehead atoms. The van der Waals surface area contributed by atoms with Crippen LogP contribution in [0.25, 0.3) is 0 Å². The second-order valence-corrected chi connectivity index (χ2v) is 9.15. The summed E-state index contributed by atoms with van der Waals surface area (Å²) in [5.41, 5.74) is -3.12. The van der Waals surface area contributed by atoms with Crippen LogP contribution in [0.4, 0.5) is 17.6 Å². The van der Waals surface area contributed by atoms with Gasteiger partial charge in [-0.3, -0.25) is 4.98 Å². The van der Waals surface area contributed by atoms with Gasteiger partial charge in [-0.2, -0.15) is 8.78 Å². The van der Waals surface area contributed by atoms with E-state index in [0.29, 0.717) is 23.1 Å². The molecular formula is C27H21F4N5O2. The van der Waals surface area contributed by atoms with Crippen molar-refractivity contribution in [2.24, 2.45) is 5.92 Å². The maximum Gasteiger partial charge on any atom is 0.323 e. The van der Waals surface area contributed by atoms with Crippen molar-refractivity contribution in [1.82, 2.24) is 25.2 Å². The van der Waals surface area contributed by atoms with Crippen molar-refractivity contribution in [3.05, 3.63) is 107 Å². The molecule has 1 saturated carbocycles. The fourth-order valence-electron chi connectivity index (χ4n) is 4.12. The van der Waals surface area contributed by atoms with Crippen LogP contribution in [-0.2, 0) is 18.1 Å². The Labute approximate surface area is 214 Å². The Morgan fingerprint density at radius 3 is 2.32 bits per heavy atom. The molecule has 2 N–H and O–H groups in total. The van der Waals surface area contributed by atoms with Gasteiger partial charge in [0.1, 0.15) is 23.7 Å². The van der Waals surface area contributed by atoms with Crippen molar-refractivity contribution in [1.29, 1.82) is 0 Å². The number of halogens is 4. The first kappa shape index (κ1) is 25.5. The van der Waals surface area contributed by atoms with E-state index in [-0.39, 0.29) is 0 Å². The van der Waals surface area contributed by atoms with E-state index in [1.54, 1.807) is 24.3 Å². The van der Waals surface area contributed by atoms with E-state index in [1.807, 2.05) is 0 Å². The lowest BCUT2D eigenvalue weighted by Gasteiger charge is -2.35. The highest BCUT2D eigenvalue weighted by molar-refractivity contribution is 5.43. The molecule has 1 aliphatic carbocycles. The van der Waals surface area contributed by atoms with Crippen molar-refractivity contribution >= 4 is 0 Å². The zero-order chi connectivity index (χ0) is 26.9. The van der Waals surface area contributed by atoms with Crippen molar-refractivity contribution < 1.29 is 27.8 Å².